The fourth-order valence-electron chi connectivity index (χ4n) is 1.54. The molecule has 0 aromatic carbocycles. The van der Waals surface area contributed by atoms with Crippen molar-refractivity contribution in [3.8, 4) is 0 Å². The number of primary amides is 1. The Morgan fingerprint density at radius 2 is 1.83 bits per heavy atom. The predicted octanol–water partition coefficient (Wildman–Crippen LogP) is 2.17. The van der Waals surface area contributed by atoms with Gasteiger partial charge in [-0.3, -0.25) is 9.78 Å². The van der Waals surface area contributed by atoms with Crippen LogP contribution in [0.15, 0.2) is 42.9 Å². The molecule has 122 valence electrons. The number of rotatable bonds is 3. The van der Waals surface area contributed by atoms with Crippen LogP contribution in [0.4, 0.5) is 5.82 Å². The van der Waals surface area contributed by atoms with E-state index in [9.17, 15) is 9.59 Å². The van der Waals surface area contributed by atoms with Crippen molar-refractivity contribution in [2.45, 2.75) is 26.3 Å². The van der Waals surface area contributed by atoms with Gasteiger partial charge in [-0.05, 0) is 45.0 Å². The highest BCUT2D eigenvalue weighted by Gasteiger charge is 2.16. The van der Waals surface area contributed by atoms with Crippen LogP contribution < -0.4 is 11.1 Å². The molecule has 0 fully saturated rings. The first-order chi connectivity index (χ1) is 10.7. The molecule has 7 nitrogen and oxygen atoms in total. The molecule has 2 aromatic rings. The van der Waals surface area contributed by atoms with Crippen molar-refractivity contribution in [1.29, 1.82) is 0 Å². The summed E-state index contributed by atoms with van der Waals surface area (Å²) in [5.74, 6) is -1.000. The van der Waals surface area contributed by atoms with Crippen molar-refractivity contribution >= 4 is 17.7 Å². The zero-order chi connectivity index (χ0) is 17.5. The highest BCUT2D eigenvalue weighted by Crippen LogP contribution is 2.16. The molecule has 2 rings (SSSR count). The van der Waals surface area contributed by atoms with Gasteiger partial charge in [-0.1, -0.05) is 0 Å². The van der Waals surface area contributed by atoms with E-state index in [1.54, 1.807) is 30.6 Å². The van der Waals surface area contributed by atoms with Gasteiger partial charge in [0.05, 0.1) is 5.56 Å². The van der Waals surface area contributed by atoms with Crippen molar-refractivity contribution in [3.63, 3.8) is 0 Å². The van der Waals surface area contributed by atoms with Crippen molar-refractivity contribution in [3.05, 3.63) is 54.0 Å². The number of nitrogens with zero attached hydrogens (tertiary/aromatic N) is 2. The number of carboxylic acids is 1. The molecule has 0 saturated carbocycles. The van der Waals surface area contributed by atoms with Crippen molar-refractivity contribution in [1.82, 2.24) is 9.97 Å². The summed E-state index contributed by atoms with van der Waals surface area (Å²) in [6.45, 7) is 5.86. The predicted molar refractivity (Wildman–Crippen MR) is 87.3 cm³/mol. The van der Waals surface area contributed by atoms with E-state index in [-0.39, 0.29) is 11.1 Å². The number of carbonyl (C=O) groups excluding carboxylic acids is 1. The van der Waals surface area contributed by atoms with E-state index in [4.69, 9.17) is 10.8 Å². The highest BCUT2D eigenvalue weighted by molar-refractivity contribution is 5.93. The summed E-state index contributed by atoms with van der Waals surface area (Å²) >= 11 is 0. The number of anilines is 1. The number of hydrogen-bond acceptors (Lipinski definition) is 5. The Kier molecular flexibility index (Phi) is 6.20. The van der Waals surface area contributed by atoms with Crippen LogP contribution in [0.5, 0.6) is 0 Å². The average Bonchev–Trinajstić information content (AvgIpc) is 2.47. The summed E-state index contributed by atoms with van der Waals surface area (Å²) in [4.78, 5) is 28.9. The van der Waals surface area contributed by atoms with E-state index >= 15 is 0 Å². The third-order valence-electron chi connectivity index (χ3n) is 2.48. The van der Waals surface area contributed by atoms with E-state index in [0.717, 1.165) is 0 Å². The zero-order valence-electron chi connectivity index (χ0n) is 13.3. The quantitative estimate of drug-likeness (QED) is 0.798. The number of nitrogens with two attached hydrogens (primary N) is 1. The van der Waals surface area contributed by atoms with E-state index < -0.39 is 11.9 Å². The minimum Gasteiger partial charge on any atom is -0.478 e. The molecule has 0 aliphatic heterocycles. The maximum absolute atomic E-state index is 10.8. The monoisotopic (exact) mass is 316 g/mol. The van der Waals surface area contributed by atoms with Gasteiger partial charge < -0.3 is 16.2 Å². The number of hydrogen-bond donors (Lipinski definition) is 3. The van der Waals surface area contributed by atoms with Crippen LogP contribution in [0.3, 0.4) is 0 Å². The second-order valence-corrected chi connectivity index (χ2v) is 5.69. The first-order valence-corrected chi connectivity index (χ1v) is 6.87. The van der Waals surface area contributed by atoms with Crippen molar-refractivity contribution < 1.29 is 14.7 Å². The van der Waals surface area contributed by atoms with Crippen LogP contribution in [0.25, 0.3) is 0 Å². The van der Waals surface area contributed by atoms with Crippen LogP contribution in [0, 0.1) is 0 Å². The lowest BCUT2D eigenvalue weighted by molar-refractivity contribution is 0.0697. The largest absolute Gasteiger partial charge is 0.478 e. The molecule has 0 saturated heterocycles. The molecule has 7 heteroatoms. The molecule has 0 spiro atoms. The van der Waals surface area contributed by atoms with Crippen LogP contribution in [0.1, 0.15) is 41.5 Å². The normalized spacial score (nSPS) is 10.2. The fraction of sp³-hybridized carbons (Fsp3) is 0.250. The Hall–Kier alpha value is -2.96. The van der Waals surface area contributed by atoms with Crippen molar-refractivity contribution in [2.24, 2.45) is 5.73 Å². The van der Waals surface area contributed by atoms with Gasteiger partial charge in [-0.25, -0.2) is 9.78 Å². The van der Waals surface area contributed by atoms with Gasteiger partial charge in [0.15, 0.2) is 0 Å². The van der Waals surface area contributed by atoms with Crippen LogP contribution in [-0.2, 0) is 0 Å². The molecule has 0 radical (unpaired) electrons. The third-order valence-corrected chi connectivity index (χ3v) is 2.48. The lowest BCUT2D eigenvalue weighted by Crippen LogP contribution is -2.27. The molecule has 1 amide bonds. The summed E-state index contributed by atoms with van der Waals surface area (Å²) in [5.41, 5.74) is 5.38. The van der Waals surface area contributed by atoms with Gasteiger partial charge in [0.1, 0.15) is 11.4 Å². The maximum atomic E-state index is 10.8. The summed E-state index contributed by atoms with van der Waals surface area (Å²) in [7, 11) is 0. The molecule has 0 atom stereocenters. The van der Waals surface area contributed by atoms with Crippen LogP contribution in [-0.4, -0.2) is 32.5 Å². The number of carbonyl (C=O) groups is 2. The molecule has 4 N–H and O–H groups in total. The standard InChI is InChI=1S/C10H14N2O2.C6H6N2O/c1-10(2,3)12-8-7(9(13)14)5-4-6-11-8;7-6(9)5-2-1-3-8-4-5/h4-6H,1-3H3,(H,11,12)(H,13,14);1-4H,(H2,7,9). The minimum absolute atomic E-state index is 0.196. The Bertz CT molecular complexity index is 667. The topological polar surface area (TPSA) is 118 Å². The molecular formula is C16H20N4O3. The van der Waals surface area contributed by atoms with Gasteiger partial charge in [0.25, 0.3) is 0 Å². The minimum atomic E-state index is -0.968. The first kappa shape index (κ1) is 18.1. The Labute approximate surface area is 134 Å². The number of pyridine rings is 2. The SMILES string of the molecule is CC(C)(C)Nc1ncccc1C(=O)O.NC(=O)c1cccnc1. The van der Waals surface area contributed by atoms with Gasteiger partial charge in [0.2, 0.25) is 5.91 Å². The maximum Gasteiger partial charge on any atom is 0.339 e. The molecular weight excluding hydrogens is 296 g/mol. The Morgan fingerprint density at radius 1 is 1.17 bits per heavy atom. The summed E-state index contributed by atoms with van der Waals surface area (Å²) in [6.07, 6.45) is 4.59. The highest BCUT2D eigenvalue weighted by atomic mass is 16.4. The van der Waals surface area contributed by atoms with Gasteiger partial charge >= 0.3 is 5.97 Å². The number of nitrogens with one attached hydrogen (secondary N) is 1. The number of aromatic nitrogens is 2. The van der Waals surface area contributed by atoms with Gasteiger partial charge in [0, 0.05) is 24.1 Å². The molecule has 2 heterocycles. The second-order valence-electron chi connectivity index (χ2n) is 5.69. The summed E-state index contributed by atoms with van der Waals surface area (Å²) < 4.78 is 0. The smallest absolute Gasteiger partial charge is 0.339 e. The molecule has 0 aliphatic carbocycles. The van der Waals surface area contributed by atoms with E-state index in [0.29, 0.717) is 11.4 Å². The molecule has 2 aromatic heterocycles. The number of aromatic carboxylic acids is 1. The Balaban J connectivity index is 0.000000253. The number of carboxylic acid groups (broad SMARTS) is 1. The molecule has 0 bridgehead atoms. The van der Waals surface area contributed by atoms with E-state index in [1.165, 1.54) is 12.3 Å². The fourth-order valence-corrected chi connectivity index (χ4v) is 1.54. The lowest BCUT2D eigenvalue weighted by Gasteiger charge is -2.22. The Morgan fingerprint density at radius 3 is 2.26 bits per heavy atom. The third kappa shape index (κ3) is 6.56. The molecule has 0 unspecified atom stereocenters. The van der Waals surface area contributed by atoms with Gasteiger partial charge in [-0.15, -0.1) is 0 Å². The van der Waals surface area contributed by atoms with E-state index in [1.807, 2.05) is 20.8 Å². The van der Waals surface area contributed by atoms with E-state index in [2.05, 4.69) is 15.3 Å². The zero-order valence-corrected chi connectivity index (χ0v) is 13.3. The summed E-state index contributed by atoms with van der Waals surface area (Å²) in [6, 6.07) is 6.43. The second kappa shape index (κ2) is 7.88. The van der Waals surface area contributed by atoms with Gasteiger partial charge in [-0.2, -0.15) is 0 Å². The van der Waals surface area contributed by atoms with Crippen LogP contribution >= 0.6 is 0 Å². The van der Waals surface area contributed by atoms with Crippen LogP contribution in [0.2, 0.25) is 0 Å². The molecule has 0 aliphatic rings. The first-order valence-electron chi connectivity index (χ1n) is 6.87. The lowest BCUT2D eigenvalue weighted by atomic mass is 10.1. The molecule has 23 heavy (non-hydrogen) atoms. The number of amides is 1. The summed E-state index contributed by atoms with van der Waals surface area (Å²) in [5, 5.41) is 11.9. The average molecular weight is 316 g/mol. The van der Waals surface area contributed by atoms with Crippen molar-refractivity contribution in [2.75, 3.05) is 5.32 Å².